The van der Waals surface area contributed by atoms with E-state index in [2.05, 4.69) is 10.6 Å². The van der Waals surface area contributed by atoms with Crippen LogP contribution in [0.4, 0.5) is 0 Å². The first-order valence-corrected chi connectivity index (χ1v) is 7.02. The van der Waals surface area contributed by atoms with Crippen LogP contribution in [-0.2, 0) is 0 Å². The fourth-order valence-electron chi connectivity index (χ4n) is 1.97. The van der Waals surface area contributed by atoms with Crippen LogP contribution in [0.15, 0.2) is 12.1 Å². The lowest BCUT2D eigenvalue weighted by molar-refractivity contribution is 0.0942. The van der Waals surface area contributed by atoms with Crippen LogP contribution in [0.5, 0.6) is 11.5 Å². The number of hydrogen-bond donors (Lipinski definition) is 2. The van der Waals surface area contributed by atoms with Crippen molar-refractivity contribution < 1.29 is 14.3 Å². The Kier molecular flexibility index (Phi) is 5.09. The monoisotopic (exact) mass is 298 g/mol. The molecule has 0 aromatic heterocycles. The molecule has 20 heavy (non-hydrogen) atoms. The minimum atomic E-state index is -0.153. The van der Waals surface area contributed by atoms with Gasteiger partial charge in [-0.05, 0) is 19.1 Å². The average Bonchev–Trinajstić information content (AvgIpc) is 2.38. The van der Waals surface area contributed by atoms with Crippen LogP contribution >= 0.6 is 11.6 Å². The van der Waals surface area contributed by atoms with Crippen molar-refractivity contribution in [3.05, 3.63) is 22.7 Å². The first-order chi connectivity index (χ1) is 9.65. The number of amides is 1. The fraction of sp³-hybridized carbons (Fsp3) is 0.500. The summed E-state index contributed by atoms with van der Waals surface area (Å²) < 4.78 is 10.6. The number of hydrogen-bond acceptors (Lipinski definition) is 4. The van der Waals surface area contributed by atoms with Gasteiger partial charge in [0.25, 0.3) is 5.91 Å². The zero-order valence-electron chi connectivity index (χ0n) is 11.7. The van der Waals surface area contributed by atoms with E-state index in [4.69, 9.17) is 21.1 Å². The highest BCUT2D eigenvalue weighted by atomic mass is 35.5. The molecule has 5 nitrogen and oxygen atoms in total. The van der Waals surface area contributed by atoms with Gasteiger partial charge in [0.2, 0.25) is 0 Å². The molecule has 1 aromatic rings. The molecule has 0 aliphatic carbocycles. The Hall–Kier alpha value is -1.46. The summed E-state index contributed by atoms with van der Waals surface area (Å²) in [4.78, 5) is 12.1. The molecule has 0 spiro atoms. The van der Waals surface area contributed by atoms with Crippen LogP contribution in [0.2, 0.25) is 5.02 Å². The molecule has 0 unspecified atom stereocenters. The van der Waals surface area contributed by atoms with Gasteiger partial charge in [-0.15, -0.1) is 0 Å². The molecular formula is C14H19ClN2O3. The number of halogens is 1. The molecule has 6 heteroatoms. The summed E-state index contributed by atoms with van der Waals surface area (Å²) in [6.07, 6.45) is 0. The molecule has 0 radical (unpaired) electrons. The molecule has 0 atom stereocenters. The first kappa shape index (κ1) is 14.9. The van der Waals surface area contributed by atoms with E-state index in [9.17, 15) is 4.79 Å². The maximum absolute atomic E-state index is 12.1. The number of ether oxygens (including phenoxy) is 2. The van der Waals surface area contributed by atoms with Crippen LogP contribution in [0.1, 0.15) is 17.3 Å². The van der Waals surface area contributed by atoms with Crippen LogP contribution in [0.3, 0.4) is 0 Å². The second-order valence-corrected chi connectivity index (χ2v) is 5.06. The first-order valence-electron chi connectivity index (χ1n) is 6.65. The van der Waals surface area contributed by atoms with Gasteiger partial charge in [-0.1, -0.05) is 11.6 Å². The van der Waals surface area contributed by atoms with Crippen molar-refractivity contribution in [2.24, 2.45) is 5.92 Å². The zero-order chi connectivity index (χ0) is 14.5. The number of benzene rings is 1. The minimum absolute atomic E-state index is 0.153. The number of carbonyl (C=O) groups excluding carboxylic acids is 1. The summed E-state index contributed by atoms with van der Waals surface area (Å²) in [6.45, 7) is 4.92. The van der Waals surface area contributed by atoms with Crippen molar-refractivity contribution in [3.8, 4) is 11.5 Å². The van der Waals surface area contributed by atoms with E-state index in [0.29, 0.717) is 41.2 Å². The summed E-state index contributed by atoms with van der Waals surface area (Å²) in [5.74, 6) is 1.30. The molecule has 1 aliphatic rings. The number of nitrogens with one attached hydrogen (secondary N) is 2. The number of carbonyl (C=O) groups is 1. The lowest BCUT2D eigenvalue weighted by atomic mass is 10.0. The highest BCUT2D eigenvalue weighted by Crippen LogP contribution is 2.36. The lowest BCUT2D eigenvalue weighted by Gasteiger charge is -2.27. The summed E-state index contributed by atoms with van der Waals surface area (Å²) >= 11 is 6.14. The Labute approximate surface area is 123 Å². The van der Waals surface area contributed by atoms with E-state index in [1.165, 1.54) is 7.11 Å². The van der Waals surface area contributed by atoms with Crippen molar-refractivity contribution >= 4 is 17.5 Å². The van der Waals surface area contributed by atoms with Crippen molar-refractivity contribution in [1.29, 1.82) is 0 Å². The molecule has 110 valence electrons. The normalized spacial score (nSPS) is 14.6. The lowest BCUT2D eigenvalue weighted by Crippen LogP contribution is -2.48. The molecule has 1 aromatic carbocycles. The van der Waals surface area contributed by atoms with Crippen LogP contribution in [0.25, 0.3) is 0 Å². The van der Waals surface area contributed by atoms with Gasteiger partial charge >= 0.3 is 0 Å². The number of methoxy groups -OCH3 is 1. The molecule has 1 saturated heterocycles. The van der Waals surface area contributed by atoms with Gasteiger partial charge in [0.05, 0.1) is 18.7 Å². The third kappa shape index (κ3) is 3.35. The second kappa shape index (κ2) is 6.81. The molecule has 0 saturated carbocycles. The summed E-state index contributed by atoms with van der Waals surface area (Å²) in [5, 5.41) is 6.44. The molecule has 0 bridgehead atoms. The van der Waals surface area contributed by atoms with Crippen molar-refractivity contribution in [2.45, 2.75) is 6.92 Å². The highest BCUT2D eigenvalue weighted by Gasteiger charge is 2.19. The minimum Gasteiger partial charge on any atom is -0.493 e. The zero-order valence-corrected chi connectivity index (χ0v) is 12.4. The van der Waals surface area contributed by atoms with Gasteiger partial charge in [0.15, 0.2) is 11.5 Å². The quantitative estimate of drug-likeness (QED) is 0.839. The standard InChI is InChI=1S/C14H19ClN2O3/c1-3-20-13-11(15)4-10(5-12(13)19-2)14(18)17-8-9-6-16-7-9/h4-5,9,16H,3,6-8H2,1-2H3,(H,17,18). The van der Waals surface area contributed by atoms with Crippen LogP contribution in [-0.4, -0.2) is 39.3 Å². The van der Waals surface area contributed by atoms with E-state index < -0.39 is 0 Å². The van der Waals surface area contributed by atoms with E-state index in [-0.39, 0.29) is 5.91 Å². The van der Waals surface area contributed by atoms with Crippen LogP contribution < -0.4 is 20.1 Å². The van der Waals surface area contributed by atoms with Gasteiger partial charge in [0, 0.05) is 31.1 Å². The molecule has 2 rings (SSSR count). The maximum Gasteiger partial charge on any atom is 0.251 e. The van der Waals surface area contributed by atoms with Gasteiger partial charge in [-0.3, -0.25) is 4.79 Å². The molecule has 1 aliphatic heterocycles. The third-order valence-electron chi connectivity index (χ3n) is 3.20. The maximum atomic E-state index is 12.1. The Balaban J connectivity index is 2.10. The molecular weight excluding hydrogens is 280 g/mol. The topological polar surface area (TPSA) is 59.6 Å². The van der Waals surface area contributed by atoms with Gasteiger partial charge in [0.1, 0.15) is 0 Å². The van der Waals surface area contributed by atoms with Crippen LogP contribution in [0, 0.1) is 5.92 Å². The van der Waals surface area contributed by atoms with Crippen molar-refractivity contribution in [2.75, 3.05) is 33.4 Å². The Morgan fingerprint density at radius 3 is 2.80 bits per heavy atom. The number of rotatable bonds is 6. The van der Waals surface area contributed by atoms with Crippen molar-refractivity contribution in [1.82, 2.24) is 10.6 Å². The molecule has 1 heterocycles. The Bertz CT molecular complexity index is 490. The fourth-order valence-corrected chi connectivity index (χ4v) is 2.23. The molecule has 1 fully saturated rings. The predicted molar refractivity (Wildman–Crippen MR) is 77.9 cm³/mol. The highest BCUT2D eigenvalue weighted by molar-refractivity contribution is 6.32. The molecule has 2 N–H and O–H groups in total. The smallest absolute Gasteiger partial charge is 0.251 e. The summed E-state index contributed by atoms with van der Waals surface area (Å²) in [7, 11) is 1.52. The van der Waals surface area contributed by atoms with E-state index in [1.807, 2.05) is 6.92 Å². The van der Waals surface area contributed by atoms with E-state index in [1.54, 1.807) is 12.1 Å². The van der Waals surface area contributed by atoms with E-state index in [0.717, 1.165) is 13.1 Å². The largest absolute Gasteiger partial charge is 0.493 e. The van der Waals surface area contributed by atoms with Crippen molar-refractivity contribution in [3.63, 3.8) is 0 Å². The SMILES string of the molecule is CCOc1c(Cl)cc(C(=O)NCC2CNC2)cc1OC. The van der Waals surface area contributed by atoms with Gasteiger partial charge in [-0.2, -0.15) is 0 Å². The Morgan fingerprint density at radius 2 is 2.25 bits per heavy atom. The summed E-state index contributed by atoms with van der Waals surface area (Å²) in [5.41, 5.74) is 0.475. The van der Waals surface area contributed by atoms with Gasteiger partial charge < -0.3 is 20.1 Å². The second-order valence-electron chi connectivity index (χ2n) is 4.66. The molecule has 1 amide bonds. The Morgan fingerprint density at radius 1 is 1.50 bits per heavy atom. The average molecular weight is 299 g/mol. The predicted octanol–water partition coefficient (Wildman–Crippen LogP) is 1.70. The van der Waals surface area contributed by atoms with E-state index >= 15 is 0 Å². The summed E-state index contributed by atoms with van der Waals surface area (Å²) in [6, 6.07) is 3.24. The third-order valence-corrected chi connectivity index (χ3v) is 3.48. The van der Waals surface area contributed by atoms with Gasteiger partial charge in [-0.25, -0.2) is 0 Å².